The van der Waals surface area contributed by atoms with Crippen LogP contribution in [0, 0.1) is 0 Å². The number of halogens is 3. The number of nitrogens with zero attached hydrogens (tertiary/aromatic N) is 1. The van der Waals surface area contributed by atoms with Crippen molar-refractivity contribution in [2.45, 2.75) is 43.5 Å². The zero-order valence-corrected chi connectivity index (χ0v) is 10.7. The first-order valence-corrected chi connectivity index (χ1v) is 6.20. The number of rotatable bonds is 4. The third-order valence-corrected chi connectivity index (χ3v) is 3.85. The second kappa shape index (κ2) is 5.09. The molecule has 1 aliphatic carbocycles. The molecule has 0 aliphatic heterocycles. The molecule has 1 atom stereocenters. The van der Waals surface area contributed by atoms with Gasteiger partial charge in [-0.25, -0.2) is 0 Å². The van der Waals surface area contributed by atoms with Crippen molar-refractivity contribution < 1.29 is 17.9 Å². The molecule has 19 heavy (non-hydrogen) atoms. The van der Waals surface area contributed by atoms with Crippen molar-refractivity contribution in [3.8, 4) is 0 Å². The lowest BCUT2D eigenvalue weighted by molar-refractivity contribution is -0.139. The summed E-state index contributed by atoms with van der Waals surface area (Å²) >= 11 is 0. The van der Waals surface area contributed by atoms with Crippen LogP contribution in [-0.4, -0.2) is 17.7 Å². The molecular formula is C13H17F3N2O. The number of nitrogens with two attached hydrogens (primary N) is 1. The van der Waals surface area contributed by atoms with E-state index in [4.69, 9.17) is 10.5 Å². The summed E-state index contributed by atoms with van der Waals surface area (Å²) in [6, 6.07) is 0.251. The van der Waals surface area contributed by atoms with Gasteiger partial charge in [-0.3, -0.25) is 4.98 Å². The maximum Gasteiger partial charge on any atom is 0.416 e. The molecule has 0 aromatic carbocycles. The van der Waals surface area contributed by atoms with Gasteiger partial charge in [-0.2, -0.15) is 13.2 Å². The van der Waals surface area contributed by atoms with Gasteiger partial charge in [0.15, 0.2) is 0 Å². The third kappa shape index (κ3) is 2.90. The van der Waals surface area contributed by atoms with E-state index >= 15 is 0 Å². The molecule has 1 aliphatic rings. The van der Waals surface area contributed by atoms with Crippen LogP contribution in [0.1, 0.15) is 42.9 Å². The van der Waals surface area contributed by atoms with Crippen LogP contribution in [-0.2, 0) is 10.9 Å². The van der Waals surface area contributed by atoms with Crippen molar-refractivity contribution in [2.75, 3.05) is 7.11 Å². The number of methoxy groups -OCH3 is 1. The lowest BCUT2D eigenvalue weighted by atomic mass is 9.74. The fraction of sp³-hybridized carbons (Fsp3) is 0.615. The summed E-state index contributed by atoms with van der Waals surface area (Å²) in [5.74, 6) is 0. The Hall–Kier alpha value is -1.14. The second-order valence-electron chi connectivity index (χ2n) is 5.01. The van der Waals surface area contributed by atoms with Gasteiger partial charge in [0.1, 0.15) is 0 Å². The second-order valence-corrected chi connectivity index (χ2v) is 5.01. The van der Waals surface area contributed by atoms with Crippen molar-refractivity contribution >= 4 is 0 Å². The average Bonchev–Trinajstić information content (AvgIpc) is 2.32. The van der Waals surface area contributed by atoms with Gasteiger partial charge in [0, 0.05) is 25.5 Å². The Labute approximate surface area is 110 Å². The molecule has 1 aromatic heterocycles. The van der Waals surface area contributed by atoms with Crippen molar-refractivity contribution in [3.05, 3.63) is 29.6 Å². The summed E-state index contributed by atoms with van der Waals surface area (Å²) in [5.41, 5.74) is 4.91. The minimum absolute atomic E-state index is 0.0401. The molecule has 0 bridgehead atoms. The first kappa shape index (κ1) is 14.3. The highest BCUT2D eigenvalue weighted by Gasteiger charge is 2.41. The molecule has 0 radical (unpaired) electrons. The normalized spacial score (nSPS) is 19.8. The van der Waals surface area contributed by atoms with Crippen molar-refractivity contribution in [1.82, 2.24) is 4.98 Å². The maximum atomic E-state index is 12.9. The SMILES string of the molecule is COC1(CC(N)c2cnccc2C(F)(F)F)CCC1. The minimum Gasteiger partial charge on any atom is -0.378 e. The van der Waals surface area contributed by atoms with Crippen LogP contribution in [0.25, 0.3) is 0 Å². The summed E-state index contributed by atoms with van der Waals surface area (Å²) in [7, 11) is 1.58. The smallest absolute Gasteiger partial charge is 0.378 e. The molecule has 1 heterocycles. The molecule has 6 heteroatoms. The number of aromatic nitrogens is 1. The number of alkyl halides is 3. The van der Waals surface area contributed by atoms with Gasteiger partial charge in [0.05, 0.1) is 11.2 Å². The predicted molar refractivity (Wildman–Crippen MR) is 64.4 cm³/mol. The zero-order valence-electron chi connectivity index (χ0n) is 10.7. The molecule has 0 saturated heterocycles. The van der Waals surface area contributed by atoms with Crippen LogP contribution in [0.5, 0.6) is 0 Å². The van der Waals surface area contributed by atoms with Crippen LogP contribution in [0.2, 0.25) is 0 Å². The Morgan fingerprint density at radius 1 is 1.47 bits per heavy atom. The Balaban J connectivity index is 2.22. The largest absolute Gasteiger partial charge is 0.416 e. The molecular weight excluding hydrogens is 257 g/mol. The molecule has 1 saturated carbocycles. The number of ether oxygens (including phenoxy) is 1. The minimum atomic E-state index is -4.41. The summed E-state index contributed by atoms with van der Waals surface area (Å²) in [4.78, 5) is 3.76. The highest BCUT2D eigenvalue weighted by Crippen LogP contribution is 2.43. The van der Waals surface area contributed by atoms with E-state index in [0.29, 0.717) is 6.42 Å². The first-order chi connectivity index (χ1) is 8.88. The van der Waals surface area contributed by atoms with Crippen LogP contribution < -0.4 is 5.73 Å². The van der Waals surface area contributed by atoms with Gasteiger partial charge >= 0.3 is 6.18 Å². The number of pyridine rings is 1. The van der Waals surface area contributed by atoms with Crippen LogP contribution in [0.15, 0.2) is 18.5 Å². The lowest BCUT2D eigenvalue weighted by Crippen LogP contribution is -2.42. The van der Waals surface area contributed by atoms with Crippen molar-refractivity contribution in [3.63, 3.8) is 0 Å². The van der Waals surface area contributed by atoms with Gasteiger partial charge in [-0.1, -0.05) is 0 Å². The maximum absolute atomic E-state index is 12.9. The summed E-state index contributed by atoms with van der Waals surface area (Å²) in [6.45, 7) is 0. The first-order valence-electron chi connectivity index (χ1n) is 6.20. The van der Waals surface area contributed by atoms with Gasteiger partial charge in [0.25, 0.3) is 0 Å². The van der Waals surface area contributed by atoms with Crippen LogP contribution in [0.4, 0.5) is 13.2 Å². The van der Waals surface area contributed by atoms with E-state index in [1.165, 1.54) is 6.20 Å². The highest BCUT2D eigenvalue weighted by atomic mass is 19.4. The molecule has 106 valence electrons. The van der Waals surface area contributed by atoms with E-state index in [1.54, 1.807) is 7.11 Å². The fourth-order valence-corrected chi connectivity index (χ4v) is 2.53. The molecule has 1 aromatic rings. The lowest BCUT2D eigenvalue weighted by Gasteiger charge is -2.42. The Morgan fingerprint density at radius 2 is 2.16 bits per heavy atom. The molecule has 2 rings (SSSR count). The van der Waals surface area contributed by atoms with E-state index < -0.39 is 17.8 Å². The molecule has 1 fully saturated rings. The molecule has 2 N–H and O–H groups in total. The van der Waals surface area contributed by atoms with E-state index in [-0.39, 0.29) is 11.2 Å². The van der Waals surface area contributed by atoms with Gasteiger partial charge < -0.3 is 10.5 Å². The average molecular weight is 274 g/mol. The summed E-state index contributed by atoms with van der Waals surface area (Å²) in [6.07, 6.45) is 1.04. The Bertz CT molecular complexity index is 438. The third-order valence-electron chi connectivity index (χ3n) is 3.85. The zero-order chi connectivity index (χ0) is 14.1. The number of hydrogen-bond donors (Lipinski definition) is 1. The topological polar surface area (TPSA) is 48.1 Å². The Morgan fingerprint density at radius 3 is 2.63 bits per heavy atom. The highest BCUT2D eigenvalue weighted by molar-refractivity contribution is 5.29. The van der Waals surface area contributed by atoms with E-state index in [1.807, 2.05) is 0 Å². The van der Waals surface area contributed by atoms with Gasteiger partial charge in [-0.05, 0) is 37.3 Å². The predicted octanol–water partition coefficient (Wildman–Crippen LogP) is 3.06. The van der Waals surface area contributed by atoms with Crippen molar-refractivity contribution in [1.29, 1.82) is 0 Å². The molecule has 3 nitrogen and oxygen atoms in total. The van der Waals surface area contributed by atoms with E-state index in [0.717, 1.165) is 31.5 Å². The van der Waals surface area contributed by atoms with Gasteiger partial charge in [-0.15, -0.1) is 0 Å². The molecule has 1 unspecified atom stereocenters. The fourth-order valence-electron chi connectivity index (χ4n) is 2.53. The number of hydrogen-bond acceptors (Lipinski definition) is 3. The summed E-state index contributed by atoms with van der Waals surface area (Å²) in [5, 5.41) is 0. The van der Waals surface area contributed by atoms with E-state index in [2.05, 4.69) is 4.98 Å². The Kier molecular flexibility index (Phi) is 3.82. The van der Waals surface area contributed by atoms with Crippen molar-refractivity contribution in [2.24, 2.45) is 5.73 Å². The van der Waals surface area contributed by atoms with Crippen LogP contribution in [0.3, 0.4) is 0 Å². The molecule has 0 spiro atoms. The van der Waals surface area contributed by atoms with Crippen LogP contribution >= 0.6 is 0 Å². The quantitative estimate of drug-likeness (QED) is 0.918. The standard InChI is InChI=1S/C13H17F3N2O/c1-19-12(4-2-5-12)7-11(17)9-8-18-6-3-10(9)13(14,15)16/h3,6,8,11H,2,4-5,7,17H2,1H3. The summed E-state index contributed by atoms with van der Waals surface area (Å²) < 4.78 is 44.1. The van der Waals surface area contributed by atoms with E-state index in [9.17, 15) is 13.2 Å². The van der Waals surface area contributed by atoms with Gasteiger partial charge in [0.2, 0.25) is 0 Å². The monoisotopic (exact) mass is 274 g/mol. The molecule has 0 amide bonds.